The van der Waals surface area contributed by atoms with Crippen LogP contribution in [0.4, 0.5) is 5.69 Å². The van der Waals surface area contributed by atoms with Gasteiger partial charge in [-0.3, -0.25) is 4.79 Å². The number of aryl methyl sites for hydroxylation is 1. The number of nitrogens with two attached hydrogens (primary N) is 1. The molecule has 2 N–H and O–H groups in total. The number of allylic oxidation sites excluding steroid dienone is 2. The summed E-state index contributed by atoms with van der Waals surface area (Å²) in [5.74, 6) is 3.21. The molecule has 0 amide bonds. The lowest BCUT2D eigenvalue weighted by Gasteiger charge is -2.21. The molecular formula is C26H29NO4. The van der Waals surface area contributed by atoms with E-state index in [1.165, 1.54) is 7.11 Å². The van der Waals surface area contributed by atoms with E-state index >= 15 is 0 Å². The molecule has 5 heteroatoms. The third-order valence-electron chi connectivity index (χ3n) is 5.23. The Morgan fingerprint density at radius 3 is 2.52 bits per heavy atom. The third-order valence-corrected chi connectivity index (χ3v) is 5.23. The van der Waals surface area contributed by atoms with Crippen LogP contribution in [0.5, 0.6) is 5.75 Å². The molecule has 2 aromatic carbocycles. The average molecular weight is 420 g/mol. The molecule has 0 aliphatic rings. The number of rotatable bonds is 8. The fourth-order valence-corrected chi connectivity index (χ4v) is 3.38. The Kier molecular flexibility index (Phi) is 8.04. The number of benzene rings is 2. The normalized spacial score (nSPS) is 13.1. The Morgan fingerprint density at radius 1 is 1.23 bits per heavy atom. The van der Waals surface area contributed by atoms with Crippen molar-refractivity contribution in [3.05, 3.63) is 70.0 Å². The molecule has 0 heterocycles. The highest BCUT2D eigenvalue weighted by Gasteiger charge is 2.23. The summed E-state index contributed by atoms with van der Waals surface area (Å²) in [4.78, 5) is 23.8. The van der Waals surface area contributed by atoms with Crippen molar-refractivity contribution in [2.24, 2.45) is 5.92 Å². The zero-order valence-corrected chi connectivity index (χ0v) is 18.7. The van der Waals surface area contributed by atoms with E-state index in [9.17, 15) is 9.59 Å². The molecule has 0 fully saturated rings. The fraction of sp³-hybridized carbons (Fsp3) is 0.308. The van der Waals surface area contributed by atoms with Crippen molar-refractivity contribution in [3.63, 3.8) is 0 Å². The Bertz CT molecular complexity index is 1050. The average Bonchev–Trinajstić information content (AvgIpc) is 2.77. The lowest BCUT2D eigenvalue weighted by Crippen LogP contribution is -2.12. The fourth-order valence-electron chi connectivity index (χ4n) is 3.38. The summed E-state index contributed by atoms with van der Waals surface area (Å²) in [5.41, 5.74) is 9.75. The molecule has 31 heavy (non-hydrogen) atoms. The molecule has 0 saturated carbocycles. The number of methoxy groups -OCH3 is 1. The van der Waals surface area contributed by atoms with Crippen molar-refractivity contribution in [1.82, 2.24) is 0 Å². The predicted octanol–water partition coefficient (Wildman–Crippen LogP) is 5.27. The molecule has 2 unspecified atom stereocenters. The second-order valence-electron chi connectivity index (χ2n) is 7.47. The SMILES string of the molecule is C#CC(C)/C=C(\CC)Oc1cc(N)ccc1C(C)c1cc(C)c(C=O)cc1C(=O)OC. The number of hydrogen-bond donors (Lipinski definition) is 1. The Morgan fingerprint density at radius 2 is 1.94 bits per heavy atom. The summed E-state index contributed by atoms with van der Waals surface area (Å²) in [5, 5.41) is 0. The summed E-state index contributed by atoms with van der Waals surface area (Å²) >= 11 is 0. The molecule has 2 atom stereocenters. The minimum atomic E-state index is -0.500. The number of aldehydes is 1. The van der Waals surface area contributed by atoms with Gasteiger partial charge < -0.3 is 15.2 Å². The van der Waals surface area contributed by atoms with Crippen LogP contribution in [0.3, 0.4) is 0 Å². The molecule has 5 nitrogen and oxygen atoms in total. The van der Waals surface area contributed by atoms with Crippen LogP contribution in [0.15, 0.2) is 42.2 Å². The zero-order chi connectivity index (χ0) is 23.1. The molecule has 0 saturated heterocycles. The lowest BCUT2D eigenvalue weighted by molar-refractivity contribution is 0.0599. The molecule has 2 aromatic rings. The Labute approximate surface area is 184 Å². The van der Waals surface area contributed by atoms with Gasteiger partial charge in [-0.05, 0) is 43.2 Å². The number of ether oxygens (including phenoxy) is 2. The van der Waals surface area contributed by atoms with Gasteiger partial charge in [0.1, 0.15) is 17.8 Å². The quantitative estimate of drug-likeness (QED) is 0.207. The first kappa shape index (κ1) is 23.8. The van der Waals surface area contributed by atoms with Crippen LogP contribution in [0.1, 0.15) is 70.5 Å². The van der Waals surface area contributed by atoms with Crippen LogP contribution in [-0.4, -0.2) is 19.4 Å². The van der Waals surface area contributed by atoms with Crippen LogP contribution in [0.2, 0.25) is 0 Å². The molecule has 0 bridgehead atoms. The van der Waals surface area contributed by atoms with Gasteiger partial charge in [0.05, 0.1) is 12.7 Å². The summed E-state index contributed by atoms with van der Waals surface area (Å²) in [6.07, 6.45) is 8.80. The summed E-state index contributed by atoms with van der Waals surface area (Å²) in [6, 6.07) is 8.86. The van der Waals surface area contributed by atoms with E-state index in [1.807, 2.05) is 45.9 Å². The van der Waals surface area contributed by atoms with Crippen LogP contribution in [0, 0.1) is 25.2 Å². The number of hydrogen-bond acceptors (Lipinski definition) is 5. The Balaban J connectivity index is 2.61. The van der Waals surface area contributed by atoms with E-state index in [0.717, 1.165) is 28.7 Å². The van der Waals surface area contributed by atoms with Gasteiger partial charge in [-0.25, -0.2) is 4.79 Å². The first-order chi connectivity index (χ1) is 14.7. The molecule has 162 valence electrons. The number of carbonyl (C=O) groups is 2. The van der Waals surface area contributed by atoms with Crippen molar-refractivity contribution < 1.29 is 19.1 Å². The maximum Gasteiger partial charge on any atom is 0.338 e. The smallest absolute Gasteiger partial charge is 0.338 e. The highest BCUT2D eigenvalue weighted by molar-refractivity contribution is 5.94. The van der Waals surface area contributed by atoms with E-state index in [4.69, 9.17) is 21.6 Å². The van der Waals surface area contributed by atoms with Crippen LogP contribution in [-0.2, 0) is 4.74 Å². The van der Waals surface area contributed by atoms with Crippen molar-refractivity contribution in [2.45, 2.75) is 40.0 Å². The molecule has 2 rings (SSSR count). The van der Waals surface area contributed by atoms with E-state index in [1.54, 1.807) is 18.2 Å². The number of carbonyl (C=O) groups excluding carboxylic acids is 2. The number of nitrogen functional groups attached to an aromatic ring is 1. The maximum atomic E-state index is 12.4. The highest BCUT2D eigenvalue weighted by Crippen LogP contribution is 2.37. The van der Waals surface area contributed by atoms with Gasteiger partial charge in [0.25, 0.3) is 0 Å². The number of terminal acetylenes is 1. The first-order valence-electron chi connectivity index (χ1n) is 10.2. The summed E-state index contributed by atoms with van der Waals surface area (Å²) < 4.78 is 11.2. The van der Waals surface area contributed by atoms with Gasteiger partial charge >= 0.3 is 5.97 Å². The van der Waals surface area contributed by atoms with Crippen molar-refractivity contribution in [3.8, 4) is 18.1 Å². The van der Waals surface area contributed by atoms with Crippen molar-refractivity contribution in [1.29, 1.82) is 0 Å². The van der Waals surface area contributed by atoms with Crippen molar-refractivity contribution in [2.75, 3.05) is 12.8 Å². The molecule has 0 spiro atoms. The number of anilines is 1. The monoisotopic (exact) mass is 419 g/mol. The molecule has 0 radical (unpaired) electrons. The standard InChI is InChI=1S/C26H29NO4/c1-7-16(3)11-21(8-2)31-25-14-20(27)9-10-22(25)18(5)23-12-17(4)19(15-28)13-24(23)26(29)30-6/h1,9-16,18H,8,27H2,2-6H3/b21-11+. The minimum Gasteiger partial charge on any atom is -0.465 e. The summed E-state index contributed by atoms with van der Waals surface area (Å²) in [6.45, 7) is 7.71. The van der Waals surface area contributed by atoms with Crippen LogP contribution < -0.4 is 10.5 Å². The van der Waals surface area contributed by atoms with E-state index in [-0.39, 0.29) is 11.8 Å². The molecule has 0 aromatic heterocycles. The van der Waals surface area contributed by atoms with Gasteiger partial charge in [0.2, 0.25) is 0 Å². The molecule has 0 aliphatic carbocycles. The van der Waals surface area contributed by atoms with Crippen molar-refractivity contribution >= 4 is 17.9 Å². The van der Waals surface area contributed by atoms with E-state index in [0.29, 0.717) is 29.0 Å². The first-order valence-corrected chi connectivity index (χ1v) is 10.2. The predicted molar refractivity (Wildman–Crippen MR) is 123 cm³/mol. The van der Waals surface area contributed by atoms with Gasteiger partial charge in [-0.1, -0.05) is 31.9 Å². The van der Waals surface area contributed by atoms with Gasteiger partial charge in [-0.15, -0.1) is 6.42 Å². The zero-order valence-electron chi connectivity index (χ0n) is 18.7. The van der Waals surface area contributed by atoms with E-state index in [2.05, 4.69) is 5.92 Å². The van der Waals surface area contributed by atoms with Gasteiger partial charge in [0, 0.05) is 41.1 Å². The van der Waals surface area contributed by atoms with Crippen LogP contribution >= 0.6 is 0 Å². The number of esters is 1. The topological polar surface area (TPSA) is 78.6 Å². The lowest BCUT2D eigenvalue weighted by atomic mass is 9.86. The van der Waals surface area contributed by atoms with Crippen LogP contribution in [0.25, 0.3) is 0 Å². The third kappa shape index (κ3) is 5.55. The minimum absolute atomic E-state index is 0.0682. The molecular weight excluding hydrogens is 390 g/mol. The highest BCUT2D eigenvalue weighted by atomic mass is 16.5. The second kappa shape index (κ2) is 10.5. The molecule has 0 aliphatic heterocycles. The van der Waals surface area contributed by atoms with E-state index < -0.39 is 5.97 Å². The Hall–Kier alpha value is -3.52. The van der Waals surface area contributed by atoms with Gasteiger partial charge in [0.15, 0.2) is 0 Å². The largest absolute Gasteiger partial charge is 0.465 e. The summed E-state index contributed by atoms with van der Waals surface area (Å²) in [7, 11) is 1.32. The maximum absolute atomic E-state index is 12.4. The van der Waals surface area contributed by atoms with Gasteiger partial charge in [-0.2, -0.15) is 0 Å². The second-order valence-corrected chi connectivity index (χ2v) is 7.47.